The van der Waals surface area contributed by atoms with Crippen molar-refractivity contribution < 1.29 is 14.3 Å². The van der Waals surface area contributed by atoms with Gasteiger partial charge in [0.1, 0.15) is 0 Å². The molecule has 1 fully saturated rings. The van der Waals surface area contributed by atoms with E-state index in [0.717, 1.165) is 43.1 Å². The van der Waals surface area contributed by atoms with Crippen LogP contribution in [-0.4, -0.2) is 48.0 Å². The Balaban J connectivity index is 1.46. The van der Waals surface area contributed by atoms with Gasteiger partial charge in [0, 0.05) is 37.8 Å². The van der Waals surface area contributed by atoms with E-state index in [-0.39, 0.29) is 11.8 Å². The average molecular weight is 410 g/mol. The predicted molar refractivity (Wildman–Crippen MR) is 114 cm³/mol. The number of hydrogen-bond acceptors (Lipinski definition) is 6. The van der Waals surface area contributed by atoms with E-state index >= 15 is 0 Å². The van der Waals surface area contributed by atoms with Crippen LogP contribution >= 0.6 is 11.3 Å². The molecule has 0 bridgehead atoms. The van der Waals surface area contributed by atoms with E-state index in [2.05, 4.69) is 32.7 Å². The standard InChI is InChI=1S/C21H22N4O3S/c1-14(26)22-17-4-2-3-16(12-17)20(27)24-21-23-18-6-5-15(11-19(18)29-21)13-25-7-9-28-10-8-25/h2-6,11-12H,7-10,13H2,1H3,(H,22,26)(H,23,24,27). The molecule has 3 aromatic rings. The molecule has 8 heteroatoms. The van der Waals surface area contributed by atoms with Crippen LogP contribution in [0.15, 0.2) is 42.5 Å². The fourth-order valence-electron chi connectivity index (χ4n) is 3.25. The number of amides is 2. The summed E-state index contributed by atoms with van der Waals surface area (Å²) in [5, 5.41) is 6.09. The largest absolute Gasteiger partial charge is 0.379 e. The topological polar surface area (TPSA) is 83.6 Å². The van der Waals surface area contributed by atoms with E-state index in [1.54, 1.807) is 24.3 Å². The Morgan fingerprint density at radius 1 is 1.14 bits per heavy atom. The van der Waals surface area contributed by atoms with Gasteiger partial charge >= 0.3 is 0 Å². The molecule has 7 nitrogen and oxygen atoms in total. The molecule has 0 saturated carbocycles. The van der Waals surface area contributed by atoms with Crippen molar-refractivity contribution in [3.63, 3.8) is 0 Å². The molecule has 29 heavy (non-hydrogen) atoms. The number of thiazole rings is 1. The molecule has 0 unspecified atom stereocenters. The first-order valence-electron chi connectivity index (χ1n) is 9.45. The lowest BCUT2D eigenvalue weighted by Crippen LogP contribution is -2.35. The molecular formula is C21H22N4O3S. The first kappa shape index (κ1) is 19.5. The lowest BCUT2D eigenvalue weighted by Gasteiger charge is -2.26. The summed E-state index contributed by atoms with van der Waals surface area (Å²) in [6.07, 6.45) is 0. The maximum absolute atomic E-state index is 12.6. The highest BCUT2D eigenvalue weighted by atomic mass is 32.1. The zero-order chi connectivity index (χ0) is 20.2. The summed E-state index contributed by atoms with van der Waals surface area (Å²) >= 11 is 1.46. The van der Waals surface area contributed by atoms with Gasteiger partial charge in [-0.05, 0) is 35.9 Å². The van der Waals surface area contributed by atoms with Gasteiger partial charge in [0.25, 0.3) is 5.91 Å². The zero-order valence-electron chi connectivity index (χ0n) is 16.1. The van der Waals surface area contributed by atoms with E-state index in [4.69, 9.17) is 4.74 Å². The quantitative estimate of drug-likeness (QED) is 0.674. The third-order valence-corrected chi connectivity index (χ3v) is 5.56. The Hall–Kier alpha value is -2.81. The Kier molecular flexibility index (Phi) is 5.84. The van der Waals surface area contributed by atoms with Crippen LogP contribution < -0.4 is 10.6 Å². The number of nitrogens with zero attached hydrogens (tertiary/aromatic N) is 2. The lowest BCUT2D eigenvalue weighted by atomic mass is 10.2. The highest BCUT2D eigenvalue weighted by Crippen LogP contribution is 2.28. The van der Waals surface area contributed by atoms with Crippen molar-refractivity contribution in [2.45, 2.75) is 13.5 Å². The highest BCUT2D eigenvalue weighted by molar-refractivity contribution is 7.22. The molecule has 1 aliphatic heterocycles. The molecule has 2 amide bonds. The van der Waals surface area contributed by atoms with Gasteiger partial charge in [-0.25, -0.2) is 4.98 Å². The van der Waals surface area contributed by atoms with E-state index in [1.807, 2.05) is 6.07 Å². The second kappa shape index (κ2) is 8.69. The van der Waals surface area contributed by atoms with E-state index in [9.17, 15) is 9.59 Å². The SMILES string of the molecule is CC(=O)Nc1cccc(C(=O)Nc2nc3ccc(CN4CCOCC4)cc3s2)c1. The third-order valence-electron chi connectivity index (χ3n) is 4.63. The molecule has 150 valence electrons. The summed E-state index contributed by atoms with van der Waals surface area (Å²) in [5.41, 5.74) is 3.14. The molecule has 0 aliphatic carbocycles. The second-order valence-corrected chi connectivity index (χ2v) is 7.96. The van der Waals surface area contributed by atoms with Crippen molar-refractivity contribution in [1.29, 1.82) is 0 Å². The molecule has 0 spiro atoms. The first-order chi connectivity index (χ1) is 14.1. The molecule has 4 rings (SSSR count). The minimum Gasteiger partial charge on any atom is -0.379 e. The number of aromatic nitrogens is 1. The molecular weight excluding hydrogens is 388 g/mol. The molecule has 1 saturated heterocycles. The summed E-state index contributed by atoms with van der Waals surface area (Å²) in [7, 11) is 0. The number of carbonyl (C=O) groups excluding carboxylic acids is 2. The van der Waals surface area contributed by atoms with Gasteiger partial charge in [0.2, 0.25) is 5.91 Å². The molecule has 1 aliphatic rings. The fraction of sp³-hybridized carbons (Fsp3) is 0.286. The van der Waals surface area contributed by atoms with Crippen LogP contribution in [0.3, 0.4) is 0 Å². The number of hydrogen-bond donors (Lipinski definition) is 2. The average Bonchev–Trinajstić information content (AvgIpc) is 3.10. The lowest BCUT2D eigenvalue weighted by molar-refractivity contribution is -0.114. The van der Waals surface area contributed by atoms with Crippen molar-refractivity contribution in [3.8, 4) is 0 Å². The summed E-state index contributed by atoms with van der Waals surface area (Å²) < 4.78 is 6.44. The minimum atomic E-state index is -0.259. The second-order valence-electron chi connectivity index (χ2n) is 6.93. The first-order valence-corrected chi connectivity index (χ1v) is 10.3. The van der Waals surface area contributed by atoms with Crippen molar-refractivity contribution in [3.05, 3.63) is 53.6 Å². The summed E-state index contributed by atoms with van der Waals surface area (Å²) in [6.45, 7) is 5.76. The van der Waals surface area contributed by atoms with Crippen LogP contribution in [0.25, 0.3) is 10.2 Å². The van der Waals surface area contributed by atoms with Crippen LogP contribution in [0.2, 0.25) is 0 Å². The zero-order valence-corrected chi connectivity index (χ0v) is 16.9. The van der Waals surface area contributed by atoms with Gasteiger partial charge in [-0.15, -0.1) is 0 Å². The maximum Gasteiger partial charge on any atom is 0.257 e. The Bertz CT molecular complexity index is 1040. The Labute approximate surface area is 172 Å². The summed E-state index contributed by atoms with van der Waals surface area (Å²) in [6, 6.07) is 13.0. The highest BCUT2D eigenvalue weighted by Gasteiger charge is 2.13. The summed E-state index contributed by atoms with van der Waals surface area (Å²) in [4.78, 5) is 30.7. The Morgan fingerprint density at radius 2 is 1.97 bits per heavy atom. The molecule has 0 atom stereocenters. The van der Waals surface area contributed by atoms with Crippen LogP contribution in [0.4, 0.5) is 10.8 Å². The van der Waals surface area contributed by atoms with Gasteiger partial charge in [-0.2, -0.15) is 0 Å². The number of ether oxygens (including phenoxy) is 1. The van der Waals surface area contributed by atoms with Crippen LogP contribution in [0, 0.1) is 0 Å². The van der Waals surface area contributed by atoms with E-state index in [0.29, 0.717) is 16.4 Å². The number of morpholine rings is 1. The Morgan fingerprint density at radius 3 is 2.76 bits per heavy atom. The van der Waals surface area contributed by atoms with E-state index in [1.165, 1.54) is 23.8 Å². The molecule has 2 aromatic carbocycles. The van der Waals surface area contributed by atoms with E-state index < -0.39 is 0 Å². The van der Waals surface area contributed by atoms with Crippen molar-refractivity contribution in [1.82, 2.24) is 9.88 Å². The van der Waals surface area contributed by atoms with Gasteiger partial charge in [-0.1, -0.05) is 23.5 Å². The van der Waals surface area contributed by atoms with Gasteiger partial charge in [0.05, 0.1) is 23.4 Å². The van der Waals surface area contributed by atoms with Crippen molar-refractivity contribution >= 4 is 44.2 Å². The molecule has 2 heterocycles. The van der Waals surface area contributed by atoms with Crippen LogP contribution in [0.1, 0.15) is 22.8 Å². The number of carbonyl (C=O) groups is 2. The molecule has 0 radical (unpaired) electrons. The van der Waals surface area contributed by atoms with Crippen molar-refractivity contribution in [2.75, 3.05) is 36.9 Å². The monoisotopic (exact) mass is 410 g/mol. The smallest absolute Gasteiger partial charge is 0.257 e. The molecule has 2 N–H and O–H groups in total. The summed E-state index contributed by atoms with van der Waals surface area (Å²) in [5.74, 6) is -0.439. The fourth-order valence-corrected chi connectivity index (χ4v) is 4.17. The third kappa shape index (κ3) is 4.97. The minimum absolute atomic E-state index is 0.179. The normalized spacial score (nSPS) is 14.7. The number of anilines is 2. The molecule has 1 aromatic heterocycles. The predicted octanol–water partition coefficient (Wildman–Crippen LogP) is 3.34. The van der Waals surface area contributed by atoms with Crippen molar-refractivity contribution in [2.24, 2.45) is 0 Å². The van der Waals surface area contributed by atoms with Gasteiger partial charge < -0.3 is 10.1 Å². The number of nitrogens with one attached hydrogen (secondary N) is 2. The van der Waals surface area contributed by atoms with Crippen LogP contribution in [0.5, 0.6) is 0 Å². The number of fused-ring (bicyclic) bond motifs is 1. The van der Waals surface area contributed by atoms with Gasteiger partial charge in [0.15, 0.2) is 5.13 Å². The number of benzene rings is 2. The maximum atomic E-state index is 12.6. The van der Waals surface area contributed by atoms with Crippen LogP contribution in [-0.2, 0) is 16.1 Å². The number of rotatable bonds is 5. The van der Waals surface area contributed by atoms with Gasteiger partial charge in [-0.3, -0.25) is 19.8 Å².